The number of rotatable bonds is 9. The molecule has 140 valence electrons. The second-order valence-electron chi connectivity index (χ2n) is 7.45. The van der Waals surface area contributed by atoms with Crippen molar-refractivity contribution < 1.29 is 19.0 Å². The summed E-state index contributed by atoms with van der Waals surface area (Å²) in [4.78, 5) is 11.9. The van der Waals surface area contributed by atoms with E-state index in [0.717, 1.165) is 37.2 Å². The molecule has 5 heteroatoms. The SMILES string of the molecule is CC(C)(C)c1ccccc1OCC(=O)NCCCOCC1CCCO1. The van der Waals surface area contributed by atoms with E-state index in [1.807, 2.05) is 24.3 Å². The average Bonchev–Trinajstić information content (AvgIpc) is 3.09. The summed E-state index contributed by atoms with van der Waals surface area (Å²) in [7, 11) is 0. The van der Waals surface area contributed by atoms with E-state index in [9.17, 15) is 4.79 Å². The van der Waals surface area contributed by atoms with Gasteiger partial charge in [0.1, 0.15) is 5.75 Å². The van der Waals surface area contributed by atoms with Gasteiger partial charge >= 0.3 is 0 Å². The van der Waals surface area contributed by atoms with Crippen molar-refractivity contribution >= 4 is 5.91 Å². The molecule has 1 aliphatic rings. The van der Waals surface area contributed by atoms with Gasteiger partial charge in [0.05, 0.1) is 12.7 Å². The van der Waals surface area contributed by atoms with E-state index in [2.05, 4.69) is 26.1 Å². The maximum atomic E-state index is 11.9. The van der Waals surface area contributed by atoms with Crippen LogP contribution in [0, 0.1) is 0 Å². The zero-order valence-electron chi connectivity index (χ0n) is 15.7. The van der Waals surface area contributed by atoms with E-state index < -0.39 is 0 Å². The summed E-state index contributed by atoms with van der Waals surface area (Å²) in [5.41, 5.74) is 1.08. The van der Waals surface area contributed by atoms with Gasteiger partial charge in [-0.25, -0.2) is 0 Å². The molecular weight excluding hydrogens is 318 g/mol. The van der Waals surface area contributed by atoms with Crippen LogP contribution in [0.2, 0.25) is 0 Å². The van der Waals surface area contributed by atoms with Crippen LogP contribution in [0.1, 0.15) is 45.6 Å². The van der Waals surface area contributed by atoms with Crippen LogP contribution < -0.4 is 10.1 Å². The third-order valence-electron chi connectivity index (χ3n) is 4.17. The van der Waals surface area contributed by atoms with Gasteiger partial charge in [0.25, 0.3) is 5.91 Å². The molecule has 1 aromatic rings. The predicted octanol–water partition coefficient (Wildman–Crippen LogP) is 3.06. The van der Waals surface area contributed by atoms with Crippen molar-refractivity contribution in [2.75, 3.05) is 33.0 Å². The number of carbonyl (C=O) groups excluding carboxylic acids is 1. The number of hydrogen-bond acceptors (Lipinski definition) is 4. The van der Waals surface area contributed by atoms with E-state index >= 15 is 0 Å². The molecule has 1 heterocycles. The van der Waals surface area contributed by atoms with Gasteiger partial charge < -0.3 is 19.5 Å². The highest BCUT2D eigenvalue weighted by atomic mass is 16.5. The lowest BCUT2D eigenvalue weighted by Crippen LogP contribution is -2.30. The van der Waals surface area contributed by atoms with E-state index in [0.29, 0.717) is 19.8 Å². The summed E-state index contributed by atoms with van der Waals surface area (Å²) < 4.78 is 16.8. The molecule has 0 saturated carbocycles. The minimum atomic E-state index is -0.108. The number of carbonyl (C=O) groups is 1. The van der Waals surface area contributed by atoms with Gasteiger partial charge in [-0.2, -0.15) is 0 Å². The average molecular weight is 349 g/mol. The molecule has 1 aliphatic heterocycles. The molecule has 0 radical (unpaired) electrons. The minimum Gasteiger partial charge on any atom is -0.483 e. The molecule has 2 rings (SSSR count). The van der Waals surface area contributed by atoms with Crippen LogP contribution >= 0.6 is 0 Å². The molecule has 1 amide bonds. The molecule has 1 unspecified atom stereocenters. The molecule has 0 aliphatic carbocycles. The van der Waals surface area contributed by atoms with Crippen molar-refractivity contribution in [1.82, 2.24) is 5.32 Å². The predicted molar refractivity (Wildman–Crippen MR) is 98.1 cm³/mol. The third-order valence-corrected chi connectivity index (χ3v) is 4.17. The van der Waals surface area contributed by atoms with Gasteiger partial charge in [-0.3, -0.25) is 4.79 Å². The highest BCUT2D eigenvalue weighted by molar-refractivity contribution is 5.77. The highest BCUT2D eigenvalue weighted by Gasteiger charge is 2.19. The van der Waals surface area contributed by atoms with Crippen LogP contribution in [-0.2, 0) is 19.7 Å². The Bertz CT molecular complexity index is 533. The Morgan fingerprint density at radius 1 is 1.32 bits per heavy atom. The molecule has 1 saturated heterocycles. The van der Waals surface area contributed by atoms with Gasteiger partial charge in [0.15, 0.2) is 6.61 Å². The van der Waals surface area contributed by atoms with Gasteiger partial charge in [-0.15, -0.1) is 0 Å². The first-order valence-electron chi connectivity index (χ1n) is 9.15. The molecule has 5 nitrogen and oxygen atoms in total. The van der Waals surface area contributed by atoms with Crippen molar-refractivity contribution in [2.45, 2.75) is 51.6 Å². The standard InChI is InChI=1S/C20H31NO4/c1-20(2,3)17-9-4-5-10-18(17)25-15-19(22)21-11-7-12-23-14-16-8-6-13-24-16/h4-5,9-10,16H,6-8,11-15H2,1-3H3,(H,21,22). The fraction of sp³-hybridized carbons (Fsp3) is 0.650. The first kappa shape index (κ1) is 19.7. The quantitative estimate of drug-likeness (QED) is 0.696. The second kappa shape index (κ2) is 9.78. The number of benzene rings is 1. The van der Waals surface area contributed by atoms with Gasteiger partial charge in [0, 0.05) is 19.8 Å². The minimum absolute atomic E-state index is 0.0204. The summed E-state index contributed by atoms with van der Waals surface area (Å²) in [5, 5.41) is 2.86. The van der Waals surface area contributed by atoms with Gasteiger partial charge in [-0.05, 0) is 36.3 Å². The zero-order valence-corrected chi connectivity index (χ0v) is 15.7. The smallest absolute Gasteiger partial charge is 0.257 e. The van der Waals surface area contributed by atoms with E-state index in [-0.39, 0.29) is 24.0 Å². The zero-order chi connectivity index (χ0) is 18.1. The third kappa shape index (κ3) is 7.04. The molecule has 1 N–H and O–H groups in total. The molecule has 0 aromatic heterocycles. The van der Waals surface area contributed by atoms with Gasteiger partial charge in [0.2, 0.25) is 0 Å². The summed E-state index contributed by atoms with van der Waals surface area (Å²) >= 11 is 0. The number of hydrogen-bond donors (Lipinski definition) is 1. The van der Waals surface area contributed by atoms with Crippen molar-refractivity contribution in [3.63, 3.8) is 0 Å². The van der Waals surface area contributed by atoms with Crippen molar-refractivity contribution in [3.8, 4) is 5.75 Å². The van der Waals surface area contributed by atoms with Crippen LogP contribution in [0.5, 0.6) is 5.75 Å². The maximum Gasteiger partial charge on any atom is 0.257 e. The molecular formula is C20H31NO4. The lowest BCUT2D eigenvalue weighted by molar-refractivity contribution is -0.123. The fourth-order valence-corrected chi connectivity index (χ4v) is 2.80. The van der Waals surface area contributed by atoms with E-state index in [1.165, 1.54) is 0 Å². The Balaban J connectivity index is 1.59. The highest BCUT2D eigenvalue weighted by Crippen LogP contribution is 2.30. The summed E-state index contributed by atoms with van der Waals surface area (Å²) in [5.74, 6) is 0.660. The Morgan fingerprint density at radius 2 is 2.12 bits per heavy atom. The van der Waals surface area contributed by atoms with E-state index in [1.54, 1.807) is 0 Å². The summed E-state index contributed by atoms with van der Waals surface area (Å²) in [6.45, 7) is 9.15. The normalized spacial score (nSPS) is 17.5. The Morgan fingerprint density at radius 3 is 2.84 bits per heavy atom. The monoisotopic (exact) mass is 349 g/mol. The van der Waals surface area contributed by atoms with Crippen LogP contribution in [0.15, 0.2) is 24.3 Å². The Labute approximate surface area is 151 Å². The Hall–Kier alpha value is -1.59. The second-order valence-corrected chi connectivity index (χ2v) is 7.45. The van der Waals surface area contributed by atoms with Crippen LogP contribution in [0.4, 0.5) is 0 Å². The summed E-state index contributed by atoms with van der Waals surface area (Å²) in [6.07, 6.45) is 3.26. The largest absolute Gasteiger partial charge is 0.483 e. The Kier molecular flexibility index (Phi) is 7.72. The fourth-order valence-electron chi connectivity index (χ4n) is 2.80. The molecule has 25 heavy (non-hydrogen) atoms. The number of nitrogens with one attached hydrogen (secondary N) is 1. The first-order chi connectivity index (χ1) is 12.0. The van der Waals surface area contributed by atoms with Crippen molar-refractivity contribution in [1.29, 1.82) is 0 Å². The lowest BCUT2D eigenvalue weighted by atomic mass is 9.86. The molecule has 0 spiro atoms. The topological polar surface area (TPSA) is 56.8 Å². The van der Waals surface area contributed by atoms with Crippen molar-refractivity contribution in [2.24, 2.45) is 0 Å². The molecule has 1 aromatic carbocycles. The van der Waals surface area contributed by atoms with Crippen LogP contribution in [0.3, 0.4) is 0 Å². The molecule has 0 bridgehead atoms. The summed E-state index contributed by atoms with van der Waals surface area (Å²) in [6, 6.07) is 7.86. The number of para-hydroxylation sites is 1. The van der Waals surface area contributed by atoms with Crippen LogP contribution in [-0.4, -0.2) is 45.0 Å². The first-order valence-corrected chi connectivity index (χ1v) is 9.15. The molecule has 1 fully saturated rings. The maximum absolute atomic E-state index is 11.9. The molecule has 1 atom stereocenters. The van der Waals surface area contributed by atoms with E-state index in [4.69, 9.17) is 14.2 Å². The van der Waals surface area contributed by atoms with Crippen LogP contribution in [0.25, 0.3) is 0 Å². The van der Waals surface area contributed by atoms with Crippen molar-refractivity contribution in [3.05, 3.63) is 29.8 Å². The lowest BCUT2D eigenvalue weighted by Gasteiger charge is -2.22. The van der Waals surface area contributed by atoms with Gasteiger partial charge in [-0.1, -0.05) is 39.0 Å². The number of ether oxygens (including phenoxy) is 3. The number of amides is 1.